The second-order valence-electron chi connectivity index (χ2n) is 1.92. The number of hydrogen-bond acceptors (Lipinski definition) is 3. The van der Waals surface area contributed by atoms with Gasteiger partial charge in [0.2, 0.25) is 0 Å². The highest BCUT2D eigenvalue weighted by Crippen LogP contribution is 2.12. The molecular formula is C7H7N2O. The monoisotopic (exact) mass is 135 g/mol. The van der Waals surface area contributed by atoms with Crippen LogP contribution in [0, 0.1) is 6.07 Å². The first-order valence-corrected chi connectivity index (χ1v) is 2.76. The van der Waals surface area contributed by atoms with Crippen molar-refractivity contribution in [2.24, 2.45) is 0 Å². The average molecular weight is 135 g/mol. The topological polar surface area (TPSA) is 69.1 Å². The molecule has 3 heteroatoms. The molecule has 10 heavy (non-hydrogen) atoms. The van der Waals surface area contributed by atoms with Crippen LogP contribution in [0.1, 0.15) is 10.4 Å². The molecule has 1 aromatic rings. The third-order valence-electron chi connectivity index (χ3n) is 1.17. The summed E-state index contributed by atoms with van der Waals surface area (Å²) < 4.78 is 0. The van der Waals surface area contributed by atoms with Gasteiger partial charge < -0.3 is 11.5 Å². The number of rotatable bonds is 1. The fraction of sp³-hybridized carbons (Fsp3) is 0. The second-order valence-corrected chi connectivity index (χ2v) is 1.92. The number of nitrogens with two attached hydrogens (primary N) is 2. The van der Waals surface area contributed by atoms with E-state index in [2.05, 4.69) is 6.07 Å². The Balaban J connectivity index is 3.19. The van der Waals surface area contributed by atoms with Crippen LogP contribution in [-0.2, 0) is 0 Å². The Hall–Kier alpha value is -1.51. The van der Waals surface area contributed by atoms with E-state index in [1.54, 1.807) is 0 Å². The quantitative estimate of drug-likeness (QED) is 0.434. The van der Waals surface area contributed by atoms with Gasteiger partial charge in [-0.2, -0.15) is 0 Å². The lowest BCUT2D eigenvalue weighted by Crippen LogP contribution is -1.94. The summed E-state index contributed by atoms with van der Waals surface area (Å²) in [6.45, 7) is 0. The van der Waals surface area contributed by atoms with E-state index in [0.717, 1.165) is 0 Å². The Labute approximate surface area is 58.6 Å². The van der Waals surface area contributed by atoms with Crippen LogP contribution in [0.2, 0.25) is 0 Å². The minimum absolute atomic E-state index is 0.395. The van der Waals surface area contributed by atoms with Crippen molar-refractivity contribution in [3.8, 4) is 0 Å². The number of benzene rings is 1. The molecule has 0 atom stereocenters. The minimum Gasteiger partial charge on any atom is -0.398 e. The van der Waals surface area contributed by atoms with Crippen molar-refractivity contribution in [3.63, 3.8) is 0 Å². The van der Waals surface area contributed by atoms with Crippen LogP contribution in [-0.4, -0.2) is 6.29 Å². The first-order valence-electron chi connectivity index (χ1n) is 2.76. The molecule has 0 aromatic heterocycles. The average Bonchev–Trinajstić information content (AvgIpc) is 1.88. The number of anilines is 2. The highest BCUT2D eigenvalue weighted by Gasteiger charge is 1.95. The molecule has 1 radical (unpaired) electrons. The molecule has 0 saturated heterocycles. The molecular weight excluding hydrogens is 128 g/mol. The Morgan fingerprint density at radius 2 is 2.20 bits per heavy atom. The summed E-state index contributed by atoms with van der Waals surface area (Å²) >= 11 is 0. The van der Waals surface area contributed by atoms with Crippen LogP contribution in [0.4, 0.5) is 11.4 Å². The number of carbonyl (C=O) groups is 1. The largest absolute Gasteiger partial charge is 0.398 e. The van der Waals surface area contributed by atoms with Gasteiger partial charge in [-0.25, -0.2) is 0 Å². The first-order chi connectivity index (χ1) is 4.74. The standard InChI is InChI=1S/C7H7N2O/c8-6-2-1-5(4-10)7(9)3-6/h1,3-4H,8-9H2. The van der Waals surface area contributed by atoms with Gasteiger partial charge in [0, 0.05) is 23.0 Å². The molecule has 1 aromatic carbocycles. The summed E-state index contributed by atoms with van der Waals surface area (Å²) in [5.41, 5.74) is 12.0. The van der Waals surface area contributed by atoms with Crippen LogP contribution < -0.4 is 11.5 Å². The Morgan fingerprint density at radius 1 is 1.50 bits per heavy atom. The van der Waals surface area contributed by atoms with Crippen molar-refractivity contribution in [1.82, 2.24) is 0 Å². The van der Waals surface area contributed by atoms with Gasteiger partial charge in [-0.3, -0.25) is 4.79 Å². The fourth-order valence-electron chi connectivity index (χ4n) is 0.639. The van der Waals surface area contributed by atoms with E-state index in [9.17, 15) is 4.79 Å². The van der Waals surface area contributed by atoms with E-state index in [-0.39, 0.29) is 0 Å². The molecule has 0 saturated carbocycles. The summed E-state index contributed by atoms with van der Waals surface area (Å²) in [6, 6.07) is 5.63. The van der Waals surface area contributed by atoms with Gasteiger partial charge >= 0.3 is 0 Å². The van der Waals surface area contributed by atoms with Crippen molar-refractivity contribution in [2.45, 2.75) is 0 Å². The zero-order valence-electron chi connectivity index (χ0n) is 5.29. The molecule has 0 spiro atoms. The van der Waals surface area contributed by atoms with Gasteiger partial charge in [-0.15, -0.1) is 0 Å². The van der Waals surface area contributed by atoms with E-state index in [0.29, 0.717) is 23.2 Å². The number of nitrogen functional groups attached to an aromatic ring is 2. The van der Waals surface area contributed by atoms with E-state index >= 15 is 0 Å². The highest BCUT2D eigenvalue weighted by atomic mass is 16.1. The molecule has 0 aliphatic carbocycles. The zero-order valence-corrected chi connectivity index (χ0v) is 5.29. The molecule has 4 N–H and O–H groups in total. The maximum absolute atomic E-state index is 10.2. The summed E-state index contributed by atoms with van der Waals surface area (Å²) in [7, 11) is 0. The molecule has 0 aliphatic rings. The summed E-state index contributed by atoms with van der Waals surface area (Å²) in [5.74, 6) is 0. The van der Waals surface area contributed by atoms with Crippen LogP contribution in [0.5, 0.6) is 0 Å². The second kappa shape index (κ2) is 2.39. The molecule has 0 bridgehead atoms. The lowest BCUT2D eigenvalue weighted by atomic mass is 10.2. The lowest BCUT2D eigenvalue weighted by Gasteiger charge is -1.97. The number of aldehydes is 1. The summed E-state index contributed by atoms with van der Waals surface area (Å²) in [6.07, 6.45) is 0.672. The van der Waals surface area contributed by atoms with Crippen molar-refractivity contribution in [2.75, 3.05) is 11.5 Å². The minimum atomic E-state index is 0.395. The molecule has 0 unspecified atom stereocenters. The van der Waals surface area contributed by atoms with Gasteiger partial charge in [0.15, 0.2) is 6.29 Å². The smallest absolute Gasteiger partial charge is 0.152 e. The van der Waals surface area contributed by atoms with E-state index in [4.69, 9.17) is 11.5 Å². The van der Waals surface area contributed by atoms with Crippen molar-refractivity contribution >= 4 is 17.7 Å². The maximum atomic E-state index is 10.2. The molecule has 0 amide bonds. The van der Waals surface area contributed by atoms with Gasteiger partial charge in [0.1, 0.15) is 0 Å². The van der Waals surface area contributed by atoms with Gasteiger partial charge in [0.25, 0.3) is 0 Å². The maximum Gasteiger partial charge on any atom is 0.152 e. The van der Waals surface area contributed by atoms with Gasteiger partial charge in [-0.05, 0) is 12.1 Å². The normalized spacial score (nSPS) is 9.20. The molecule has 3 nitrogen and oxygen atoms in total. The molecule has 1 rings (SSSR count). The Bertz CT molecular complexity index is 258. The molecule has 51 valence electrons. The number of hydrogen-bond donors (Lipinski definition) is 2. The summed E-state index contributed by atoms with van der Waals surface area (Å²) in [5, 5.41) is 0. The van der Waals surface area contributed by atoms with Crippen molar-refractivity contribution in [1.29, 1.82) is 0 Å². The van der Waals surface area contributed by atoms with E-state index < -0.39 is 0 Å². The van der Waals surface area contributed by atoms with Crippen LogP contribution >= 0.6 is 0 Å². The Kier molecular flexibility index (Phi) is 1.58. The molecule has 0 aliphatic heterocycles. The SMILES string of the molecule is Nc1[c]cc(C=O)c(N)c1. The van der Waals surface area contributed by atoms with Gasteiger partial charge in [0.05, 0.1) is 0 Å². The first kappa shape index (κ1) is 6.61. The van der Waals surface area contributed by atoms with Crippen LogP contribution in [0.15, 0.2) is 12.1 Å². The van der Waals surface area contributed by atoms with Crippen molar-refractivity contribution < 1.29 is 4.79 Å². The van der Waals surface area contributed by atoms with E-state index in [1.807, 2.05) is 0 Å². The third-order valence-corrected chi connectivity index (χ3v) is 1.17. The molecule has 0 heterocycles. The highest BCUT2D eigenvalue weighted by molar-refractivity contribution is 5.84. The third kappa shape index (κ3) is 1.07. The predicted octanol–water partition coefficient (Wildman–Crippen LogP) is 0.464. The van der Waals surface area contributed by atoms with Crippen LogP contribution in [0.3, 0.4) is 0 Å². The fourth-order valence-corrected chi connectivity index (χ4v) is 0.639. The van der Waals surface area contributed by atoms with Gasteiger partial charge in [-0.1, -0.05) is 0 Å². The Morgan fingerprint density at radius 3 is 2.70 bits per heavy atom. The van der Waals surface area contributed by atoms with Crippen LogP contribution in [0.25, 0.3) is 0 Å². The predicted molar refractivity (Wildman–Crippen MR) is 39.5 cm³/mol. The lowest BCUT2D eigenvalue weighted by molar-refractivity contribution is 0.112. The van der Waals surface area contributed by atoms with E-state index in [1.165, 1.54) is 12.1 Å². The van der Waals surface area contributed by atoms with Crippen molar-refractivity contribution in [3.05, 3.63) is 23.8 Å². The summed E-state index contributed by atoms with van der Waals surface area (Å²) in [4.78, 5) is 10.2. The number of carbonyl (C=O) groups excluding carboxylic acids is 1. The zero-order chi connectivity index (χ0) is 7.56. The molecule has 0 fully saturated rings.